The smallest absolute Gasteiger partial charge is 0.243 e. The number of aromatic nitrogens is 1. The van der Waals surface area contributed by atoms with Crippen LogP contribution in [0.5, 0.6) is 0 Å². The van der Waals surface area contributed by atoms with Crippen molar-refractivity contribution in [3.05, 3.63) is 98.6 Å². The van der Waals surface area contributed by atoms with Crippen LogP contribution in [-0.2, 0) is 16.6 Å². The van der Waals surface area contributed by atoms with Gasteiger partial charge in [-0.1, -0.05) is 53.9 Å². The Morgan fingerprint density at radius 1 is 0.806 bits per heavy atom. The summed E-state index contributed by atoms with van der Waals surface area (Å²) in [5.74, 6) is 0. The third kappa shape index (κ3) is 5.61. The molecule has 0 saturated carbocycles. The first-order chi connectivity index (χ1) is 17.4. The first-order valence-electron chi connectivity index (χ1n) is 11.7. The first-order valence-corrected chi connectivity index (χ1v) is 14.8. The summed E-state index contributed by atoms with van der Waals surface area (Å²) in [4.78, 5) is 6.01. The van der Waals surface area contributed by atoms with E-state index in [2.05, 4.69) is 9.95 Å². The number of rotatable bonds is 6. The van der Waals surface area contributed by atoms with Crippen molar-refractivity contribution in [2.24, 2.45) is 4.99 Å². The minimum absolute atomic E-state index is 0.332. The van der Waals surface area contributed by atoms with Crippen LogP contribution in [0.2, 0.25) is 10.0 Å². The van der Waals surface area contributed by atoms with Gasteiger partial charge in [0.25, 0.3) is 0 Å². The fourth-order valence-corrected chi connectivity index (χ4v) is 6.95. The molecule has 9 heteroatoms. The van der Waals surface area contributed by atoms with Gasteiger partial charge in [-0.2, -0.15) is 4.31 Å². The van der Waals surface area contributed by atoms with E-state index < -0.39 is 10.0 Å². The Labute approximate surface area is 225 Å². The molecule has 0 N–H and O–H groups in total. The second kappa shape index (κ2) is 10.9. The average molecular weight is 559 g/mol. The van der Waals surface area contributed by atoms with Crippen molar-refractivity contribution in [3.8, 4) is 11.3 Å². The zero-order valence-electron chi connectivity index (χ0n) is 19.5. The molecule has 0 amide bonds. The Kier molecular flexibility index (Phi) is 7.65. The van der Waals surface area contributed by atoms with Gasteiger partial charge in [-0.05, 0) is 72.5 Å². The normalized spacial score (nSPS) is 15.3. The maximum atomic E-state index is 13.1. The number of thiazole rings is 1. The molecule has 1 fully saturated rings. The standard InChI is InChI=1S/C27H25Cl2N3O2S2/c28-22-8-4-20(5-9-22)18-32-26(19-35-27(32)30-24-12-10-23(29)11-13-24)21-6-14-25(15-7-21)36(33,34)31-16-2-1-3-17-31/h4-15,19H,1-3,16-18H2. The van der Waals surface area contributed by atoms with Gasteiger partial charge < -0.3 is 4.57 Å². The van der Waals surface area contributed by atoms with Gasteiger partial charge >= 0.3 is 0 Å². The molecule has 186 valence electrons. The van der Waals surface area contributed by atoms with Crippen molar-refractivity contribution >= 4 is 50.2 Å². The Bertz CT molecular complexity index is 1500. The number of nitrogens with zero attached hydrogens (tertiary/aromatic N) is 3. The van der Waals surface area contributed by atoms with Crippen molar-refractivity contribution in [3.63, 3.8) is 0 Å². The van der Waals surface area contributed by atoms with Crippen molar-refractivity contribution in [2.45, 2.75) is 30.7 Å². The summed E-state index contributed by atoms with van der Waals surface area (Å²) in [6.45, 7) is 1.77. The molecule has 1 aliphatic rings. The van der Waals surface area contributed by atoms with Crippen LogP contribution in [0.15, 0.2) is 88.1 Å². The van der Waals surface area contributed by atoms with E-state index in [0.29, 0.717) is 34.6 Å². The van der Waals surface area contributed by atoms with Gasteiger partial charge in [0.15, 0.2) is 4.80 Å². The third-order valence-corrected chi connectivity index (χ3v) is 9.49. The fourth-order valence-electron chi connectivity index (χ4n) is 4.25. The van der Waals surface area contributed by atoms with E-state index in [4.69, 9.17) is 28.2 Å². The topological polar surface area (TPSA) is 54.7 Å². The van der Waals surface area contributed by atoms with Crippen LogP contribution in [0.25, 0.3) is 11.3 Å². The zero-order chi connectivity index (χ0) is 25.1. The molecule has 0 bridgehead atoms. The van der Waals surface area contributed by atoms with E-state index in [0.717, 1.165) is 46.6 Å². The van der Waals surface area contributed by atoms with Crippen LogP contribution in [0.4, 0.5) is 5.69 Å². The maximum Gasteiger partial charge on any atom is 0.243 e. The monoisotopic (exact) mass is 557 g/mol. The van der Waals surface area contributed by atoms with Crippen LogP contribution < -0.4 is 4.80 Å². The van der Waals surface area contributed by atoms with Gasteiger partial charge in [0.1, 0.15) is 0 Å². The van der Waals surface area contributed by atoms with Crippen LogP contribution in [0, 0.1) is 0 Å². The van der Waals surface area contributed by atoms with Crippen LogP contribution >= 0.6 is 34.5 Å². The lowest BCUT2D eigenvalue weighted by Crippen LogP contribution is -2.35. The first kappa shape index (κ1) is 25.2. The van der Waals surface area contributed by atoms with E-state index in [1.54, 1.807) is 16.4 Å². The highest BCUT2D eigenvalue weighted by Gasteiger charge is 2.25. The molecule has 2 heterocycles. The van der Waals surface area contributed by atoms with Crippen LogP contribution in [-0.4, -0.2) is 30.4 Å². The molecule has 1 saturated heterocycles. The van der Waals surface area contributed by atoms with Crippen LogP contribution in [0.1, 0.15) is 24.8 Å². The molecule has 0 aliphatic carbocycles. The molecule has 1 aliphatic heterocycles. The maximum absolute atomic E-state index is 13.1. The largest absolute Gasteiger partial charge is 0.312 e. The fraction of sp³-hybridized carbons (Fsp3) is 0.222. The van der Waals surface area contributed by atoms with Gasteiger partial charge in [0, 0.05) is 28.5 Å². The van der Waals surface area contributed by atoms with E-state index in [1.165, 1.54) is 11.3 Å². The van der Waals surface area contributed by atoms with E-state index >= 15 is 0 Å². The number of hydrogen-bond donors (Lipinski definition) is 0. The Balaban J connectivity index is 1.53. The van der Waals surface area contributed by atoms with Gasteiger partial charge in [-0.25, -0.2) is 13.4 Å². The molecule has 0 atom stereocenters. The molecule has 4 aromatic rings. The highest BCUT2D eigenvalue weighted by molar-refractivity contribution is 7.89. The lowest BCUT2D eigenvalue weighted by atomic mass is 10.1. The number of piperidine rings is 1. The lowest BCUT2D eigenvalue weighted by molar-refractivity contribution is 0.346. The molecule has 0 spiro atoms. The number of hydrogen-bond acceptors (Lipinski definition) is 4. The molecule has 0 unspecified atom stereocenters. The zero-order valence-corrected chi connectivity index (χ0v) is 22.6. The van der Waals surface area contributed by atoms with Gasteiger partial charge in [-0.3, -0.25) is 0 Å². The summed E-state index contributed by atoms with van der Waals surface area (Å²) in [6.07, 6.45) is 2.91. The Morgan fingerprint density at radius 3 is 2.06 bits per heavy atom. The number of sulfonamides is 1. The van der Waals surface area contributed by atoms with Crippen molar-refractivity contribution in [1.82, 2.24) is 8.87 Å². The molecule has 36 heavy (non-hydrogen) atoms. The van der Waals surface area contributed by atoms with E-state index in [-0.39, 0.29) is 0 Å². The predicted octanol–water partition coefficient (Wildman–Crippen LogP) is 6.98. The molecule has 5 rings (SSSR count). The number of benzene rings is 3. The van der Waals surface area contributed by atoms with E-state index in [1.807, 2.05) is 60.7 Å². The van der Waals surface area contributed by atoms with Gasteiger partial charge in [0.05, 0.1) is 22.8 Å². The quantitative estimate of drug-likeness (QED) is 0.257. The summed E-state index contributed by atoms with van der Waals surface area (Å²) < 4.78 is 29.9. The van der Waals surface area contributed by atoms with Crippen molar-refractivity contribution < 1.29 is 8.42 Å². The highest BCUT2D eigenvalue weighted by atomic mass is 35.5. The summed E-state index contributed by atoms with van der Waals surface area (Å²) in [5.41, 5.74) is 3.78. The molecule has 5 nitrogen and oxygen atoms in total. The summed E-state index contributed by atoms with van der Waals surface area (Å²) in [6, 6.07) is 22.3. The van der Waals surface area contributed by atoms with Gasteiger partial charge in [-0.15, -0.1) is 11.3 Å². The Morgan fingerprint density at radius 2 is 1.42 bits per heavy atom. The summed E-state index contributed by atoms with van der Waals surface area (Å²) in [5, 5.41) is 3.40. The molecular formula is C27H25Cl2N3O2S2. The molecule has 3 aromatic carbocycles. The second-order valence-corrected chi connectivity index (χ2v) is 12.3. The number of halogens is 2. The minimum atomic E-state index is -3.48. The van der Waals surface area contributed by atoms with Crippen LogP contribution in [0.3, 0.4) is 0 Å². The Hall–Kier alpha value is -2.42. The average Bonchev–Trinajstić information content (AvgIpc) is 3.29. The predicted molar refractivity (Wildman–Crippen MR) is 148 cm³/mol. The van der Waals surface area contributed by atoms with E-state index in [9.17, 15) is 8.42 Å². The second-order valence-electron chi connectivity index (χ2n) is 8.69. The molecule has 1 aromatic heterocycles. The van der Waals surface area contributed by atoms with Crippen molar-refractivity contribution in [2.75, 3.05) is 13.1 Å². The minimum Gasteiger partial charge on any atom is -0.312 e. The highest BCUT2D eigenvalue weighted by Crippen LogP contribution is 2.26. The molecule has 0 radical (unpaired) electrons. The van der Waals surface area contributed by atoms with Crippen molar-refractivity contribution in [1.29, 1.82) is 0 Å². The molecular weight excluding hydrogens is 533 g/mol. The summed E-state index contributed by atoms with van der Waals surface area (Å²) >= 11 is 13.7. The van der Waals surface area contributed by atoms with Gasteiger partial charge in [0.2, 0.25) is 10.0 Å². The third-order valence-electron chi connectivity index (χ3n) is 6.21. The SMILES string of the molecule is O=S(=O)(c1ccc(-c2csc(=Nc3ccc(Cl)cc3)n2Cc2ccc(Cl)cc2)cc1)N1CCCCC1. The lowest BCUT2D eigenvalue weighted by Gasteiger charge is -2.25. The summed E-state index contributed by atoms with van der Waals surface area (Å²) in [7, 11) is -3.48.